The molecule has 1 amide bonds. The molecule has 1 aliphatic rings. The summed E-state index contributed by atoms with van der Waals surface area (Å²) in [6.07, 6.45) is -4.27. The Bertz CT molecular complexity index is 852. The molecule has 0 saturated heterocycles. The average Bonchev–Trinajstić information content (AvgIpc) is 2.88. The zero-order valence-electron chi connectivity index (χ0n) is 12.6. The number of amides is 1. The van der Waals surface area contributed by atoms with Gasteiger partial charge in [-0.05, 0) is 18.9 Å². The van der Waals surface area contributed by atoms with E-state index < -0.39 is 31.0 Å². The number of ether oxygens (including phenoxy) is 1. The zero-order chi connectivity index (χ0) is 18.2. The number of nitrogens with zero attached hydrogens (tertiary/aromatic N) is 4. The number of hydrogen-bond donors (Lipinski definition) is 2. The maximum absolute atomic E-state index is 12.3. The van der Waals surface area contributed by atoms with Crippen molar-refractivity contribution in [3.63, 3.8) is 0 Å². The van der Waals surface area contributed by atoms with Gasteiger partial charge in [-0.3, -0.25) is 9.53 Å². The molecule has 8 nitrogen and oxygen atoms in total. The standard InChI is InChI=1S/C14H12F3N5O3/c15-14(16,17)25-8-3-7(4-8)20-13(24)11-1-2-19-12-9(5-18)10(6-23)21-22(11)12/h1-2,7-8,23H,3-4,6H2,(H,20,24)/t7-,8+. The van der Waals surface area contributed by atoms with Crippen LogP contribution in [-0.4, -0.2) is 44.1 Å². The number of hydrogen-bond acceptors (Lipinski definition) is 6. The summed E-state index contributed by atoms with van der Waals surface area (Å²) in [6, 6.07) is 2.77. The Morgan fingerprint density at radius 3 is 2.84 bits per heavy atom. The molecule has 11 heteroatoms. The molecule has 1 fully saturated rings. The van der Waals surface area contributed by atoms with Crippen molar-refractivity contribution in [2.45, 2.75) is 38.0 Å². The maximum Gasteiger partial charge on any atom is 0.522 e. The van der Waals surface area contributed by atoms with Crippen LogP contribution in [0.3, 0.4) is 0 Å². The van der Waals surface area contributed by atoms with Crippen molar-refractivity contribution in [3.8, 4) is 6.07 Å². The Morgan fingerprint density at radius 1 is 1.52 bits per heavy atom. The first-order valence-corrected chi connectivity index (χ1v) is 7.25. The van der Waals surface area contributed by atoms with Crippen LogP contribution in [0.25, 0.3) is 5.65 Å². The van der Waals surface area contributed by atoms with Crippen molar-refractivity contribution in [1.29, 1.82) is 5.26 Å². The summed E-state index contributed by atoms with van der Waals surface area (Å²) >= 11 is 0. The second-order valence-corrected chi connectivity index (χ2v) is 5.48. The van der Waals surface area contributed by atoms with E-state index in [1.165, 1.54) is 12.3 Å². The average molecular weight is 355 g/mol. The minimum Gasteiger partial charge on any atom is -0.390 e. The van der Waals surface area contributed by atoms with Gasteiger partial charge in [-0.1, -0.05) is 0 Å². The predicted octanol–water partition coefficient (Wildman–Crippen LogP) is 0.890. The number of fused-ring (bicyclic) bond motifs is 1. The lowest BCUT2D eigenvalue weighted by atomic mass is 9.89. The van der Waals surface area contributed by atoms with Crippen LogP contribution in [0.4, 0.5) is 13.2 Å². The van der Waals surface area contributed by atoms with E-state index in [0.717, 1.165) is 4.52 Å². The Kier molecular flexibility index (Phi) is 4.32. The van der Waals surface area contributed by atoms with E-state index in [9.17, 15) is 23.1 Å². The first-order valence-electron chi connectivity index (χ1n) is 7.25. The second-order valence-electron chi connectivity index (χ2n) is 5.48. The number of carbonyl (C=O) groups is 1. The molecule has 0 spiro atoms. The van der Waals surface area contributed by atoms with Crippen LogP contribution in [0.5, 0.6) is 0 Å². The molecule has 2 aromatic rings. The van der Waals surface area contributed by atoms with Gasteiger partial charge in [-0.2, -0.15) is 10.4 Å². The van der Waals surface area contributed by atoms with E-state index >= 15 is 0 Å². The molecule has 1 aliphatic carbocycles. The number of nitriles is 1. The summed E-state index contributed by atoms with van der Waals surface area (Å²) in [5.41, 5.74) is 0.310. The van der Waals surface area contributed by atoms with Crippen LogP contribution in [0.1, 0.15) is 34.6 Å². The molecule has 0 unspecified atom stereocenters. The van der Waals surface area contributed by atoms with Crippen molar-refractivity contribution in [1.82, 2.24) is 19.9 Å². The summed E-state index contributed by atoms with van der Waals surface area (Å²) in [4.78, 5) is 16.3. The smallest absolute Gasteiger partial charge is 0.390 e. The van der Waals surface area contributed by atoms with Crippen molar-refractivity contribution in [2.75, 3.05) is 0 Å². The summed E-state index contributed by atoms with van der Waals surface area (Å²) in [7, 11) is 0. The number of halogens is 3. The van der Waals surface area contributed by atoms with Crippen LogP contribution in [-0.2, 0) is 11.3 Å². The van der Waals surface area contributed by atoms with Crippen LogP contribution in [0.15, 0.2) is 12.3 Å². The lowest BCUT2D eigenvalue weighted by Crippen LogP contribution is -2.49. The van der Waals surface area contributed by atoms with Crippen molar-refractivity contribution in [3.05, 3.63) is 29.2 Å². The summed E-state index contributed by atoms with van der Waals surface area (Å²) < 4.78 is 41.3. The molecule has 3 rings (SSSR count). The minimum atomic E-state index is -4.69. The molecule has 2 heterocycles. The third-order valence-corrected chi connectivity index (χ3v) is 3.82. The van der Waals surface area contributed by atoms with Crippen LogP contribution in [0.2, 0.25) is 0 Å². The number of carbonyl (C=O) groups excluding carboxylic acids is 1. The van der Waals surface area contributed by atoms with Crippen molar-refractivity contribution >= 4 is 11.6 Å². The molecule has 0 aromatic carbocycles. The summed E-state index contributed by atoms with van der Waals surface area (Å²) in [6.45, 7) is -0.494. The van der Waals surface area contributed by atoms with Crippen LogP contribution < -0.4 is 5.32 Å². The molecule has 0 atom stereocenters. The van der Waals surface area contributed by atoms with Gasteiger partial charge < -0.3 is 10.4 Å². The molecule has 25 heavy (non-hydrogen) atoms. The van der Waals surface area contributed by atoms with Gasteiger partial charge in [-0.25, -0.2) is 9.50 Å². The molecule has 0 radical (unpaired) electrons. The fraction of sp³-hybridized carbons (Fsp3) is 0.429. The molecule has 1 saturated carbocycles. The fourth-order valence-electron chi connectivity index (χ4n) is 2.61. The third kappa shape index (κ3) is 3.40. The maximum atomic E-state index is 12.3. The van der Waals surface area contributed by atoms with Gasteiger partial charge in [0.2, 0.25) is 0 Å². The first-order chi connectivity index (χ1) is 11.8. The van der Waals surface area contributed by atoms with Gasteiger partial charge in [0.25, 0.3) is 5.91 Å². The monoisotopic (exact) mass is 355 g/mol. The highest BCUT2D eigenvalue weighted by Gasteiger charge is 2.40. The van der Waals surface area contributed by atoms with Gasteiger partial charge in [0.1, 0.15) is 23.0 Å². The second kappa shape index (κ2) is 6.30. The number of nitrogens with one attached hydrogen (secondary N) is 1. The molecule has 2 N–H and O–H groups in total. The highest BCUT2D eigenvalue weighted by molar-refractivity contribution is 5.93. The van der Waals surface area contributed by atoms with Gasteiger partial charge in [0.05, 0.1) is 12.7 Å². The molecule has 2 aromatic heterocycles. The largest absolute Gasteiger partial charge is 0.522 e. The Hall–Kier alpha value is -2.71. The quantitative estimate of drug-likeness (QED) is 0.842. The lowest BCUT2D eigenvalue weighted by Gasteiger charge is -2.35. The molecular formula is C14H12F3N5O3. The zero-order valence-corrected chi connectivity index (χ0v) is 12.6. The fourth-order valence-corrected chi connectivity index (χ4v) is 2.61. The molecule has 0 aliphatic heterocycles. The lowest BCUT2D eigenvalue weighted by molar-refractivity contribution is -0.351. The van der Waals surface area contributed by atoms with E-state index in [2.05, 4.69) is 20.1 Å². The Morgan fingerprint density at radius 2 is 2.24 bits per heavy atom. The van der Waals surface area contributed by atoms with E-state index in [0.29, 0.717) is 0 Å². The van der Waals surface area contributed by atoms with Crippen molar-refractivity contribution in [2.24, 2.45) is 0 Å². The van der Waals surface area contributed by atoms with Crippen LogP contribution >= 0.6 is 0 Å². The van der Waals surface area contributed by atoms with E-state index in [-0.39, 0.29) is 35.4 Å². The Balaban J connectivity index is 1.74. The topological polar surface area (TPSA) is 113 Å². The van der Waals surface area contributed by atoms with Gasteiger partial charge in [0, 0.05) is 12.2 Å². The minimum absolute atomic E-state index is 0.0456. The van der Waals surface area contributed by atoms with Crippen LogP contribution in [0, 0.1) is 11.3 Å². The normalized spacial score (nSPS) is 20.1. The molecule has 0 bridgehead atoms. The predicted molar refractivity (Wildman–Crippen MR) is 75.0 cm³/mol. The van der Waals surface area contributed by atoms with Crippen molar-refractivity contribution < 1.29 is 27.8 Å². The highest BCUT2D eigenvalue weighted by Crippen LogP contribution is 2.30. The Labute approximate surface area is 138 Å². The number of aliphatic hydroxyl groups excluding tert-OH is 1. The number of aliphatic hydroxyl groups is 1. The first kappa shape index (κ1) is 17.1. The molecular weight excluding hydrogens is 343 g/mol. The highest BCUT2D eigenvalue weighted by atomic mass is 19.4. The van der Waals surface area contributed by atoms with Gasteiger partial charge in [0.15, 0.2) is 5.65 Å². The SMILES string of the molecule is N#Cc1c(CO)nn2c(C(=O)N[C@H]3C[C@@H](OC(F)(F)F)C3)ccnc12. The number of alkyl halides is 3. The number of rotatable bonds is 4. The summed E-state index contributed by atoms with van der Waals surface area (Å²) in [5.74, 6) is -0.570. The third-order valence-electron chi connectivity index (χ3n) is 3.82. The molecule has 132 valence electrons. The van der Waals surface area contributed by atoms with E-state index in [4.69, 9.17) is 5.26 Å². The van der Waals surface area contributed by atoms with E-state index in [1.807, 2.05) is 6.07 Å². The number of aromatic nitrogens is 3. The summed E-state index contributed by atoms with van der Waals surface area (Å²) in [5, 5.41) is 24.9. The van der Waals surface area contributed by atoms with Gasteiger partial charge in [-0.15, -0.1) is 13.2 Å². The van der Waals surface area contributed by atoms with Gasteiger partial charge >= 0.3 is 6.36 Å². The van der Waals surface area contributed by atoms with E-state index in [1.54, 1.807) is 0 Å².